The molecular weight excluding hydrogens is 373 g/mol. The lowest BCUT2D eigenvalue weighted by Crippen LogP contribution is -2.22. The first-order chi connectivity index (χ1) is 14.0. The van der Waals surface area contributed by atoms with Crippen molar-refractivity contribution in [2.75, 3.05) is 5.32 Å². The third-order valence-corrected chi connectivity index (χ3v) is 4.63. The number of nitrogens with one attached hydrogen (secondary N) is 2. The van der Waals surface area contributed by atoms with Crippen LogP contribution < -0.4 is 10.9 Å². The van der Waals surface area contributed by atoms with Gasteiger partial charge in [-0.15, -0.1) is 0 Å². The summed E-state index contributed by atoms with van der Waals surface area (Å²) in [6.45, 7) is 1.80. The van der Waals surface area contributed by atoms with Crippen molar-refractivity contribution in [1.29, 1.82) is 0 Å². The normalized spacial score (nSPS) is 12.1. The SMILES string of the molecule is CC(Cc1cccc(F)c1)C(=O)Nc1ccc(-n2ncc3c(=O)[nH]cnc32)cc1. The summed E-state index contributed by atoms with van der Waals surface area (Å²) in [5.41, 5.74) is 2.32. The Hall–Kier alpha value is -3.81. The Morgan fingerprint density at radius 2 is 2.03 bits per heavy atom. The molecule has 0 radical (unpaired) electrons. The van der Waals surface area contributed by atoms with Crippen molar-refractivity contribution in [2.45, 2.75) is 13.3 Å². The lowest BCUT2D eigenvalue weighted by atomic mass is 10.0. The van der Waals surface area contributed by atoms with Crippen LogP contribution in [0.3, 0.4) is 0 Å². The van der Waals surface area contributed by atoms with Gasteiger partial charge in [-0.05, 0) is 48.4 Å². The summed E-state index contributed by atoms with van der Waals surface area (Å²) in [6.07, 6.45) is 3.24. The molecule has 0 fully saturated rings. The van der Waals surface area contributed by atoms with E-state index in [1.165, 1.54) is 24.7 Å². The number of hydrogen-bond donors (Lipinski definition) is 2. The van der Waals surface area contributed by atoms with Crippen LogP contribution in [-0.4, -0.2) is 25.7 Å². The number of fused-ring (bicyclic) bond motifs is 1. The van der Waals surface area contributed by atoms with Crippen LogP contribution in [0.25, 0.3) is 16.7 Å². The van der Waals surface area contributed by atoms with Crippen LogP contribution in [0, 0.1) is 11.7 Å². The minimum atomic E-state index is -0.317. The highest BCUT2D eigenvalue weighted by atomic mass is 19.1. The zero-order valence-electron chi connectivity index (χ0n) is 15.6. The van der Waals surface area contributed by atoms with E-state index in [1.807, 2.05) is 0 Å². The molecule has 0 bridgehead atoms. The van der Waals surface area contributed by atoms with Gasteiger partial charge >= 0.3 is 0 Å². The van der Waals surface area contributed by atoms with Crippen molar-refractivity contribution in [1.82, 2.24) is 19.7 Å². The first-order valence-corrected chi connectivity index (χ1v) is 9.08. The predicted molar refractivity (Wildman–Crippen MR) is 107 cm³/mol. The molecule has 4 aromatic rings. The summed E-state index contributed by atoms with van der Waals surface area (Å²) in [7, 11) is 0. The monoisotopic (exact) mass is 391 g/mol. The van der Waals surface area contributed by atoms with Gasteiger partial charge in [0.2, 0.25) is 5.91 Å². The average molecular weight is 391 g/mol. The number of aromatic amines is 1. The Morgan fingerprint density at radius 1 is 1.24 bits per heavy atom. The summed E-state index contributed by atoms with van der Waals surface area (Å²) in [5, 5.41) is 7.48. The standard InChI is InChI=1S/C21H18FN5O2/c1-13(9-14-3-2-4-15(22)10-14)20(28)26-16-5-7-17(8-6-16)27-19-18(11-25-27)21(29)24-12-23-19/h2-8,10-13H,9H2,1H3,(H,26,28)(H,23,24,29). The third-order valence-electron chi connectivity index (χ3n) is 4.63. The molecule has 0 aliphatic carbocycles. The Morgan fingerprint density at radius 3 is 2.79 bits per heavy atom. The smallest absolute Gasteiger partial charge is 0.261 e. The maximum atomic E-state index is 13.3. The first-order valence-electron chi connectivity index (χ1n) is 9.08. The first kappa shape index (κ1) is 18.5. The fourth-order valence-electron chi connectivity index (χ4n) is 3.11. The summed E-state index contributed by atoms with van der Waals surface area (Å²) < 4.78 is 14.9. The Bertz CT molecular complexity index is 1230. The van der Waals surface area contributed by atoms with Crippen LogP contribution in [0.15, 0.2) is 65.8 Å². The van der Waals surface area contributed by atoms with Gasteiger partial charge in [-0.1, -0.05) is 19.1 Å². The van der Waals surface area contributed by atoms with Crippen molar-refractivity contribution in [3.05, 3.63) is 82.8 Å². The number of hydrogen-bond acceptors (Lipinski definition) is 4. The number of halogens is 1. The largest absolute Gasteiger partial charge is 0.326 e. The molecule has 0 saturated heterocycles. The number of carbonyl (C=O) groups excluding carboxylic acids is 1. The molecule has 0 spiro atoms. The number of rotatable bonds is 5. The third kappa shape index (κ3) is 3.91. The van der Waals surface area contributed by atoms with Crippen molar-refractivity contribution in [3.8, 4) is 5.69 Å². The highest BCUT2D eigenvalue weighted by molar-refractivity contribution is 5.92. The van der Waals surface area contributed by atoms with Gasteiger partial charge in [0.05, 0.1) is 18.2 Å². The molecule has 29 heavy (non-hydrogen) atoms. The Kier molecular flexibility index (Phi) is 4.90. The molecule has 2 N–H and O–H groups in total. The fourth-order valence-corrected chi connectivity index (χ4v) is 3.11. The Balaban J connectivity index is 1.47. The molecule has 1 unspecified atom stereocenters. The molecule has 4 rings (SSSR count). The van der Waals surface area contributed by atoms with E-state index in [1.54, 1.807) is 48.0 Å². The molecule has 146 valence electrons. The maximum absolute atomic E-state index is 13.3. The second kappa shape index (κ2) is 7.67. The van der Waals surface area contributed by atoms with Gasteiger partial charge in [0.25, 0.3) is 5.56 Å². The van der Waals surface area contributed by atoms with Crippen LogP contribution in [0.4, 0.5) is 10.1 Å². The summed E-state index contributed by atoms with van der Waals surface area (Å²) >= 11 is 0. The molecule has 0 saturated carbocycles. The van der Waals surface area contributed by atoms with E-state index >= 15 is 0 Å². The number of H-pyrrole nitrogens is 1. The fraction of sp³-hybridized carbons (Fsp3) is 0.143. The quantitative estimate of drug-likeness (QED) is 0.547. The molecule has 1 atom stereocenters. The highest BCUT2D eigenvalue weighted by Crippen LogP contribution is 2.18. The highest BCUT2D eigenvalue weighted by Gasteiger charge is 2.15. The average Bonchev–Trinajstić information content (AvgIpc) is 3.14. The van der Waals surface area contributed by atoms with E-state index in [9.17, 15) is 14.0 Å². The zero-order chi connectivity index (χ0) is 20.4. The van der Waals surface area contributed by atoms with Gasteiger partial charge in [0.1, 0.15) is 11.2 Å². The molecule has 1 amide bonds. The van der Waals surface area contributed by atoms with E-state index in [2.05, 4.69) is 20.4 Å². The topological polar surface area (TPSA) is 92.7 Å². The van der Waals surface area contributed by atoms with Gasteiger partial charge in [0, 0.05) is 11.6 Å². The maximum Gasteiger partial charge on any atom is 0.261 e. The van der Waals surface area contributed by atoms with Crippen LogP contribution >= 0.6 is 0 Å². The minimum Gasteiger partial charge on any atom is -0.326 e. The van der Waals surface area contributed by atoms with Gasteiger partial charge in [0.15, 0.2) is 5.65 Å². The van der Waals surface area contributed by atoms with E-state index in [4.69, 9.17) is 0 Å². The van der Waals surface area contributed by atoms with Crippen LogP contribution in [0.2, 0.25) is 0 Å². The lowest BCUT2D eigenvalue weighted by molar-refractivity contribution is -0.119. The van der Waals surface area contributed by atoms with Crippen LogP contribution in [0.5, 0.6) is 0 Å². The van der Waals surface area contributed by atoms with Gasteiger partial charge in [-0.25, -0.2) is 14.1 Å². The molecule has 2 aromatic heterocycles. The molecule has 0 aliphatic heterocycles. The molecular formula is C21H18FN5O2. The van der Waals surface area contributed by atoms with Gasteiger partial charge in [-0.3, -0.25) is 9.59 Å². The number of carbonyl (C=O) groups is 1. The Labute approximate surface area is 165 Å². The van der Waals surface area contributed by atoms with Crippen molar-refractivity contribution in [3.63, 3.8) is 0 Å². The van der Waals surface area contributed by atoms with E-state index in [0.717, 1.165) is 5.56 Å². The lowest BCUT2D eigenvalue weighted by Gasteiger charge is -2.13. The molecule has 7 nitrogen and oxygen atoms in total. The molecule has 2 heterocycles. The van der Waals surface area contributed by atoms with E-state index in [-0.39, 0.29) is 23.2 Å². The minimum absolute atomic E-state index is 0.153. The number of aromatic nitrogens is 4. The second-order valence-corrected chi connectivity index (χ2v) is 6.80. The van der Waals surface area contributed by atoms with Crippen molar-refractivity contribution < 1.29 is 9.18 Å². The van der Waals surface area contributed by atoms with Gasteiger partial charge < -0.3 is 10.3 Å². The van der Waals surface area contributed by atoms with Crippen molar-refractivity contribution >= 4 is 22.6 Å². The predicted octanol–water partition coefficient (Wildman–Crippen LogP) is 3.07. The summed E-state index contributed by atoms with van der Waals surface area (Å²) in [5.74, 6) is -0.782. The summed E-state index contributed by atoms with van der Waals surface area (Å²) in [6, 6.07) is 13.3. The zero-order valence-corrected chi connectivity index (χ0v) is 15.6. The number of nitrogens with zero attached hydrogens (tertiary/aromatic N) is 3. The number of amides is 1. The van der Waals surface area contributed by atoms with E-state index < -0.39 is 0 Å². The van der Waals surface area contributed by atoms with Crippen LogP contribution in [0.1, 0.15) is 12.5 Å². The van der Waals surface area contributed by atoms with Crippen LogP contribution in [-0.2, 0) is 11.2 Å². The molecule has 2 aromatic carbocycles. The number of anilines is 1. The van der Waals surface area contributed by atoms with E-state index in [0.29, 0.717) is 28.8 Å². The summed E-state index contributed by atoms with van der Waals surface area (Å²) in [4.78, 5) is 30.9. The van der Waals surface area contributed by atoms with Crippen molar-refractivity contribution in [2.24, 2.45) is 5.92 Å². The second-order valence-electron chi connectivity index (χ2n) is 6.80. The molecule has 0 aliphatic rings. The molecule has 8 heteroatoms. The number of benzene rings is 2. The van der Waals surface area contributed by atoms with Gasteiger partial charge in [-0.2, -0.15) is 5.10 Å².